The van der Waals surface area contributed by atoms with Gasteiger partial charge in [-0.25, -0.2) is 13.2 Å². The quantitative estimate of drug-likeness (QED) is 0.275. The van der Waals surface area contributed by atoms with Crippen molar-refractivity contribution in [1.82, 2.24) is 0 Å². The Morgan fingerprint density at radius 3 is 2.38 bits per heavy atom. The Bertz CT molecular complexity index is 972. The molecule has 0 heterocycles. The molecule has 0 spiro atoms. The molecule has 0 radical (unpaired) electrons. The van der Waals surface area contributed by atoms with Gasteiger partial charge in [0.1, 0.15) is 13.2 Å². The summed E-state index contributed by atoms with van der Waals surface area (Å²) in [6.07, 6.45) is 10.6. The first kappa shape index (κ1) is 26.2. The maximum absolute atomic E-state index is 14.8. The molecular formula is C27H32F4O3. The van der Waals surface area contributed by atoms with Crippen LogP contribution in [0.15, 0.2) is 59.2 Å². The maximum atomic E-state index is 14.8. The molecule has 0 amide bonds. The molecule has 0 N–H and O–H groups in total. The summed E-state index contributed by atoms with van der Waals surface area (Å²) in [5.41, 5.74) is 1.37. The smallest absolute Gasteiger partial charge is 0.200 e. The van der Waals surface area contributed by atoms with Crippen LogP contribution in [0.4, 0.5) is 17.6 Å². The third-order valence-corrected chi connectivity index (χ3v) is 6.57. The Morgan fingerprint density at radius 1 is 1.06 bits per heavy atom. The Balaban J connectivity index is 1.60. The number of ether oxygens (including phenoxy) is 3. The molecular weight excluding hydrogens is 448 g/mol. The van der Waals surface area contributed by atoms with Crippen LogP contribution in [0.5, 0.6) is 5.75 Å². The van der Waals surface area contributed by atoms with Crippen molar-refractivity contribution in [3.8, 4) is 5.75 Å². The number of allylic oxidation sites excluding steroid dienone is 5. The Kier molecular flexibility index (Phi) is 9.54. The third-order valence-electron chi connectivity index (χ3n) is 6.57. The van der Waals surface area contributed by atoms with E-state index < -0.39 is 29.9 Å². The molecule has 1 saturated carbocycles. The topological polar surface area (TPSA) is 27.7 Å². The Morgan fingerprint density at radius 2 is 1.79 bits per heavy atom. The number of halogens is 4. The van der Waals surface area contributed by atoms with Crippen molar-refractivity contribution in [3.05, 3.63) is 76.4 Å². The van der Waals surface area contributed by atoms with Crippen molar-refractivity contribution < 1.29 is 31.8 Å². The summed E-state index contributed by atoms with van der Waals surface area (Å²) in [6, 6.07) is 3.08. The molecule has 1 fully saturated rings. The molecule has 34 heavy (non-hydrogen) atoms. The van der Waals surface area contributed by atoms with Crippen LogP contribution in [-0.2, 0) is 9.47 Å². The van der Waals surface area contributed by atoms with E-state index in [4.69, 9.17) is 9.47 Å². The fraction of sp³-hybridized carbons (Fsp3) is 0.481. The lowest BCUT2D eigenvalue weighted by Crippen LogP contribution is -2.20. The van der Waals surface area contributed by atoms with Gasteiger partial charge in [-0.15, -0.1) is 0 Å². The summed E-state index contributed by atoms with van der Waals surface area (Å²) in [7, 11) is 2.97. The monoisotopic (exact) mass is 480 g/mol. The summed E-state index contributed by atoms with van der Waals surface area (Å²) in [6.45, 7) is 1.26. The van der Waals surface area contributed by atoms with E-state index in [1.54, 1.807) is 32.3 Å². The van der Waals surface area contributed by atoms with Gasteiger partial charge in [0.15, 0.2) is 23.2 Å². The van der Waals surface area contributed by atoms with Crippen LogP contribution >= 0.6 is 0 Å². The van der Waals surface area contributed by atoms with Crippen LogP contribution in [0.25, 0.3) is 0 Å². The normalized spacial score (nSPS) is 24.0. The molecule has 3 nitrogen and oxygen atoms in total. The van der Waals surface area contributed by atoms with E-state index in [9.17, 15) is 17.6 Å². The zero-order valence-electron chi connectivity index (χ0n) is 19.9. The SMILES string of the molecule is C/C=C(\C(F)=C(\F)COC)C1C=CC(COc2ccc(C3CCC(OC)CC3)c(F)c2F)=CC1. The molecule has 1 aromatic rings. The van der Waals surface area contributed by atoms with Gasteiger partial charge in [0.05, 0.1) is 6.10 Å². The maximum Gasteiger partial charge on any atom is 0.200 e. The summed E-state index contributed by atoms with van der Waals surface area (Å²) in [5.74, 6) is -4.22. The van der Waals surface area contributed by atoms with Gasteiger partial charge in [0.25, 0.3) is 0 Å². The van der Waals surface area contributed by atoms with Crippen molar-refractivity contribution in [2.75, 3.05) is 27.4 Å². The van der Waals surface area contributed by atoms with Crippen LogP contribution in [0.1, 0.15) is 50.5 Å². The second-order valence-corrected chi connectivity index (χ2v) is 8.66. The van der Waals surface area contributed by atoms with Crippen LogP contribution < -0.4 is 4.74 Å². The van der Waals surface area contributed by atoms with Gasteiger partial charge < -0.3 is 14.2 Å². The molecule has 1 unspecified atom stereocenters. The second kappa shape index (κ2) is 12.4. The average molecular weight is 481 g/mol. The van der Waals surface area contributed by atoms with E-state index in [0.717, 1.165) is 31.3 Å². The highest BCUT2D eigenvalue weighted by Gasteiger charge is 2.27. The lowest BCUT2D eigenvalue weighted by Gasteiger charge is -2.28. The van der Waals surface area contributed by atoms with Crippen LogP contribution in [-0.4, -0.2) is 33.5 Å². The van der Waals surface area contributed by atoms with Crippen LogP contribution in [0.2, 0.25) is 0 Å². The van der Waals surface area contributed by atoms with E-state index in [0.29, 0.717) is 12.0 Å². The van der Waals surface area contributed by atoms with Gasteiger partial charge in [-0.3, -0.25) is 0 Å². The zero-order valence-corrected chi connectivity index (χ0v) is 19.9. The van der Waals surface area contributed by atoms with E-state index in [-0.39, 0.29) is 35.9 Å². The second-order valence-electron chi connectivity index (χ2n) is 8.66. The number of rotatable bonds is 9. The summed E-state index contributed by atoms with van der Waals surface area (Å²) < 4.78 is 73.2. The molecule has 0 saturated heterocycles. The molecule has 0 bridgehead atoms. The van der Waals surface area contributed by atoms with Gasteiger partial charge in [-0.05, 0) is 67.7 Å². The van der Waals surface area contributed by atoms with Gasteiger partial charge in [0.2, 0.25) is 5.82 Å². The highest BCUT2D eigenvalue weighted by atomic mass is 19.2. The minimum Gasteiger partial charge on any atom is -0.486 e. The Hall–Kier alpha value is -2.38. The highest BCUT2D eigenvalue weighted by molar-refractivity contribution is 5.38. The lowest BCUT2D eigenvalue weighted by atomic mass is 9.82. The molecule has 3 rings (SSSR count). The molecule has 1 aromatic carbocycles. The Labute approximate surface area is 198 Å². The number of hydrogen-bond acceptors (Lipinski definition) is 3. The third kappa shape index (κ3) is 6.19. The van der Waals surface area contributed by atoms with E-state index in [1.165, 1.54) is 19.3 Å². The minimum atomic E-state index is -0.985. The van der Waals surface area contributed by atoms with Gasteiger partial charge in [-0.2, -0.15) is 4.39 Å². The van der Waals surface area contributed by atoms with Crippen LogP contribution in [0, 0.1) is 17.6 Å². The van der Waals surface area contributed by atoms with Gasteiger partial charge in [-0.1, -0.05) is 30.4 Å². The van der Waals surface area contributed by atoms with E-state index in [1.807, 2.05) is 6.08 Å². The van der Waals surface area contributed by atoms with Crippen molar-refractivity contribution in [3.63, 3.8) is 0 Å². The van der Waals surface area contributed by atoms with Crippen molar-refractivity contribution in [2.24, 2.45) is 5.92 Å². The van der Waals surface area contributed by atoms with Crippen LogP contribution in [0.3, 0.4) is 0 Å². The largest absolute Gasteiger partial charge is 0.486 e. The number of benzene rings is 1. The predicted octanol–water partition coefficient (Wildman–Crippen LogP) is 7.26. The standard InChI is InChI=1S/C27H32F4O3/c1-4-21(25(29)23(28)16-32-2)18-7-5-17(6-8-18)15-34-24-14-13-22(26(30)27(24)31)19-9-11-20(33-3)12-10-19/h4-7,13-14,18-20H,8-12,15-16H2,1-3H3/b21-4-,25-23-. The predicted molar refractivity (Wildman–Crippen MR) is 124 cm³/mol. The lowest BCUT2D eigenvalue weighted by molar-refractivity contribution is 0.0654. The molecule has 1 atom stereocenters. The van der Waals surface area contributed by atoms with Crippen molar-refractivity contribution >= 4 is 0 Å². The first-order valence-corrected chi connectivity index (χ1v) is 11.6. The van der Waals surface area contributed by atoms with Crippen molar-refractivity contribution in [2.45, 2.75) is 51.0 Å². The molecule has 2 aliphatic carbocycles. The average Bonchev–Trinajstić information content (AvgIpc) is 2.86. The molecule has 186 valence electrons. The summed E-state index contributed by atoms with van der Waals surface area (Å²) in [4.78, 5) is 0. The highest BCUT2D eigenvalue weighted by Crippen LogP contribution is 2.37. The first-order valence-electron chi connectivity index (χ1n) is 11.6. The fourth-order valence-electron chi connectivity index (χ4n) is 4.60. The minimum absolute atomic E-state index is 0.0279. The molecule has 7 heteroatoms. The zero-order chi connectivity index (χ0) is 24.7. The van der Waals surface area contributed by atoms with Gasteiger partial charge in [0, 0.05) is 20.1 Å². The van der Waals surface area contributed by atoms with Gasteiger partial charge >= 0.3 is 0 Å². The van der Waals surface area contributed by atoms with E-state index in [2.05, 4.69) is 4.74 Å². The van der Waals surface area contributed by atoms with E-state index >= 15 is 0 Å². The molecule has 2 aliphatic rings. The van der Waals surface area contributed by atoms with Crippen molar-refractivity contribution in [1.29, 1.82) is 0 Å². The summed E-state index contributed by atoms with van der Waals surface area (Å²) in [5, 5.41) is 0. The molecule has 0 aromatic heterocycles. The summed E-state index contributed by atoms with van der Waals surface area (Å²) >= 11 is 0. The fourth-order valence-corrected chi connectivity index (χ4v) is 4.60. The molecule has 0 aliphatic heterocycles. The number of hydrogen-bond donors (Lipinski definition) is 0. The number of methoxy groups -OCH3 is 2. The first-order chi connectivity index (χ1) is 16.4.